The van der Waals surface area contributed by atoms with Crippen LogP contribution in [0.3, 0.4) is 0 Å². The van der Waals surface area contributed by atoms with Gasteiger partial charge in [-0.15, -0.1) is 0 Å². The molecule has 0 radical (unpaired) electrons. The van der Waals surface area contributed by atoms with Crippen molar-refractivity contribution < 1.29 is 4.74 Å². The molecule has 2 aliphatic carbocycles. The van der Waals surface area contributed by atoms with Crippen molar-refractivity contribution in [1.82, 2.24) is 20.1 Å². The van der Waals surface area contributed by atoms with Gasteiger partial charge in [0, 0.05) is 61.4 Å². The Hall–Kier alpha value is -1.72. The number of hydrogen-bond donors (Lipinski definition) is 1. The molecule has 0 amide bonds. The van der Waals surface area contributed by atoms with Gasteiger partial charge in [0.1, 0.15) is 0 Å². The van der Waals surface area contributed by atoms with E-state index in [9.17, 15) is 0 Å². The number of hydrogen-bond acceptors (Lipinski definition) is 4. The molecule has 1 spiro atoms. The van der Waals surface area contributed by atoms with Crippen molar-refractivity contribution in [1.29, 1.82) is 0 Å². The van der Waals surface area contributed by atoms with Crippen molar-refractivity contribution in [3.8, 4) is 11.3 Å². The van der Waals surface area contributed by atoms with Crippen molar-refractivity contribution >= 4 is 0 Å². The Labute approximate surface area is 149 Å². The molecule has 2 atom stereocenters. The van der Waals surface area contributed by atoms with Crippen LogP contribution in [0, 0.1) is 5.41 Å². The van der Waals surface area contributed by atoms with Crippen LogP contribution >= 0.6 is 0 Å². The molecule has 0 aromatic carbocycles. The Morgan fingerprint density at radius 3 is 2.92 bits per heavy atom. The minimum Gasteiger partial charge on any atom is -0.378 e. The zero-order valence-corrected chi connectivity index (χ0v) is 15.2. The molecule has 2 saturated carbocycles. The number of rotatable bonds is 6. The molecule has 2 unspecified atom stereocenters. The van der Waals surface area contributed by atoms with Crippen LogP contribution < -0.4 is 5.32 Å². The quantitative estimate of drug-likeness (QED) is 0.876. The summed E-state index contributed by atoms with van der Waals surface area (Å²) in [7, 11) is 1.98. The minimum absolute atomic E-state index is 0.368. The highest BCUT2D eigenvalue weighted by Crippen LogP contribution is 2.54. The van der Waals surface area contributed by atoms with Crippen LogP contribution in [0.2, 0.25) is 0 Å². The van der Waals surface area contributed by atoms with Gasteiger partial charge >= 0.3 is 0 Å². The Kier molecular flexibility index (Phi) is 4.61. The zero-order chi connectivity index (χ0) is 17.3. The zero-order valence-electron chi connectivity index (χ0n) is 15.2. The van der Waals surface area contributed by atoms with E-state index in [1.54, 1.807) is 6.20 Å². The van der Waals surface area contributed by atoms with Crippen LogP contribution in [0.5, 0.6) is 0 Å². The molecule has 5 heteroatoms. The first-order valence-electron chi connectivity index (χ1n) is 9.51. The predicted molar refractivity (Wildman–Crippen MR) is 98.0 cm³/mol. The molecule has 0 saturated heterocycles. The average molecular weight is 340 g/mol. The lowest BCUT2D eigenvalue weighted by atomic mass is 9.60. The van der Waals surface area contributed by atoms with Crippen LogP contribution in [0.1, 0.15) is 44.6 Å². The Morgan fingerprint density at radius 2 is 2.20 bits per heavy atom. The van der Waals surface area contributed by atoms with E-state index >= 15 is 0 Å². The van der Waals surface area contributed by atoms with E-state index in [-0.39, 0.29) is 0 Å². The summed E-state index contributed by atoms with van der Waals surface area (Å²) in [6.07, 6.45) is 12.7. The van der Waals surface area contributed by atoms with Crippen molar-refractivity contribution in [3.05, 3.63) is 36.3 Å². The van der Waals surface area contributed by atoms with Crippen molar-refractivity contribution in [2.45, 2.75) is 57.7 Å². The summed E-state index contributed by atoms with van der Waals surface area (Å²) in [5, 5.41) is 8.47. The Morgan fingerprint density at radius 1 is 1.36 bits per heavy atom. The highest BCUT2D eigenvalue weighted by atomic mass is 16.5. The van der Waals surface area contributed by atoms with E-state index in [0.717, 1.165) is 30.8 Å². The lowest BCUT2D eigenvalue weighted by Gasteiger charge is -2.54. The van der Waals surface area contributed by atoms with Crippen LogP contribution in [0.4, 0.5) is 0 Å². The molecular formula is C20H28N4O. The molecule has 2 aliphatic rings. The summed E-state index contributed by atoms with van der Waals surface area (Å²) in [6.45, 7) is 3.79. The SMILES string of the molecule is CCOC1CC(NCc2cn(C)nc2-c2cccnc2)C12CCCC2. The second-order valence-corrected chi connectivity index (χ2v) is 7.47. The Bertz CT molecular complexity index is 706. The number of nitrogens with one attached hydrogen (secondary N) is 1. The van der Waals surface area contributed by atoms with E-state index < -0.39 is 0 Å². The predicted octanol–water partition coefficient (Wildman–Crippen LogP) is 3.31. The van der Waals surface area contributed by atoms with Gasteiger partial charge < -0.3 is 10.1 Å². The lowest BCUT2D eigenvalue weighted by Crippen LogP contribution is -2.62. The van der Waals surface area contributed by atoms with E-state index in [1.807, 2.05) is 24.0 Å². The minimum atomic E-state index is 0.368. The van der Waals surface area contributed by atoms with Crippen molar-refractivity contribution in [2.75, 3.05) is 6.61 Å². The average Bonchev–Trinajstić information content (AvgIpc) is 3.27. The normalized spacial score (nSPS) is 24.6. The number of nitrogens with zero attached hydrogens (tertiary/aromatic N) is 3. The van der Waals surface area contributed by atoms with Gasteiger partial charge in [0.25, 0.3) is 0 Å². The number of aromatic nitrogens is 3. The fourth-order valence-corrected chi connectivity index (χ4v) is 4.82. The van der Waals surface area contributed by atoms with E-state index in [0.29, 0.717) is 17.6 Å². The topological polar surface area (TPSA) is 52.0 Å². The van der Waals surface area contributed by atoms with Gasteiger partial charge in [0.15, 0.2) is 0 Å². The first kappa shape index (κ1) is 16.7. The van der Waals surface area contributed by atoms with Gasteiger partial charge in [-0.3, -0.25) is 9.67 Å². The van der Waals surface area contributed by atoms with E-state index in [1.165, 1.54) is 31.2 Å². The van der Waals surface area contributed by atoms with Gasteiger partial charge in [0.05, 0.1) is 11.8 Å². The molecule has 2 aromatic rings. The molecule has 2 aromatic heterocycles. The maximum absolute atomic E-state index is 6.03. The van der Waals surface area contributed by atoms with Crippen LogP contribution in [-0.2, 0) is 18.3 Å². The molecule has 1 N–H and O–H groups in total. The van der Waals surface area contributed by atoms with Gasteiger partial charge in [0.2, 0.25) is 0 Å². The largest absolute Gasteiger partial charge is 0.378 e. The summed E-state index contributed by atoms with van der Waals surface area (Å²) in [5.74, 6) is 0. The lowest BCUT2D eigenvalue weighted by molar-refractivity contribution is -0.130. The third-order valence-corrected chi connectivity index (χ3v) is 6.07. The molecule has 2 fully saturated rings. The molecular weight excluding hydrogens is 312 g/mol. The van der Waals surface area contributed by atoms with Gasteiger partial charge in [-0.2, -0.15) is 5.10 Å². The summed E-state index contributed by atoms with van der Waals surface area (Å²) in [4.78, 5) is 4.24. The third-order valence-electron chi connectivity index (χ3n) is 6.07. The molecule has 4 rings (SSSR count). The van der Waals surface area contributed by atoms with Gasteiger partial charge in [-0.05, 0) is 38.3 Å². The monoisotopic (exact) mass is 340 g/mol. The van der Waals surface area contributed by atoms with Gasteiger partial charge in [-0.25, -0.2) is 0 Å². The highest BCUT2D eigenvalue weighted by molar-refractivity contribution is 5.61. The van der Waals surface area contributed by atoms with Crippen LogP contribution in [0.25, 0.3) is 11.3 Å². The fourth-order valence-electron chi connectivity index (χ4n) is 4.82. The first-order chi connectivity index (χ1) is 12.2. The number of aryl methyl sites for hydroxylation is 1. The molecule has 0 bridgehead atoms. The second-order valence-electron chi connectivity index (χ2n) is 7.47. The second kappa shape index (κ2) is 6.89. The molecule has 25 heavy (non-hydrogen) atoms. The smallest absolute Gasteiger partial charge is 0.0983 e. The van der Waals surface area contributed by atoms with E-state index in [4.69, 9.17) is 4.74 Å². The highest BCUT2D eigenvalue weighted by Gasteiger charge is 2.56. The number of pyridine rings is 1. The number of ether oxygens (including phenoxy) is 1. The van der Waals surface area contributed by atoms with Crippen molar-refractivity contribution in [2.24, 2.45) is 12.5 Å². The van der Waals surface area contributed by atoms with Gasteiger partial charge in [-0.1, -0.05) is 12.8 Å². The van der Waals surface area contributed by atoms with E-state index in [2.05, 4.69) is 34.6 Å². The summed E-state index contributed by atoms with van der Waals surface area (Å²) in [6, 6.07) is 4.60. The molecule has 0 aliphatic heterocycles. The molecule has 5 nitrogen and oxygen atoms in total. The molecule has 2 heterocycles. The maximum atomic E-state index is 6.03. The van der Waals surface area contributed by atoms with Crippen LogP contribution in [0.15, 0.2) is 30.7 Å². The van der Waals surface area contributed by atoms with Crippen LogP contribution in [-0.4, -0.2) is 33.5 Å². The summed E-state index contributed by atoms with van der Waals surface area (Å²) < 4.78 is 7.93. The van der Waals surface area contributed by atoms with Crippen molar-refractivity contribution in [3.63, 3.8) is 0 Å². The standard InChI is InChI=1S/C20H28N4O/c1-3-25-18-11-17(20(18)8-4-5-9-20)22-13-16-14-24(2)23-19(16)15-7-6-10-21-12-15/h6-7,10,12,14,17-18,22H,3-5,8-9,11,13H2,1-2H3. The Balaban J connectivity index is 1.47. The summed E-state index contributed by atoms with van der Waals surface area (Å²) >= 11 is 0. The first-order valence-corrected chi connectivity index (χ1v) is 9.51. The third kappa shape index (κ3) is 3.00. The fraction of sp³-hybridized carbons (Fsp3) is 0.600. The molecule has 134 valence electrons. The maximum Gasteiger partial charge on any atom is 0.0983 e. The summed E-state index contributed by atoms with van der Waals surface area (Å²) in [5.41, 5.74) is 3.72.